The molecule has 0 aromatic rings. The largest absolute Gasteiger partial charge is 1.20 e. The number of hydrogen-bond acceptors (Lipinski definition) is 6. The molecule has 6 nitrogen and oxygen atoms in total. The van der Waals surface area contributed by atoms with E-state index in [-0.39, 0.29) is 0 Å². The van der Waals surface area contributed by atoms with E-state index < -0.39 is 105 Å². The average molecular weight is 648 g/mol. The minimum atomic E-state index is -6.42. The van der Waals surface area contributed by atoms with Crippen molar-refractivity contribution in [1.29, 1.82) is 0 Å². The molecule has 0 aromatic heterocycles. The van der Waals surface area contributed by atoms with E-state index in [1.165, 1.54) is 0 Å². The van der Waals surface area contributed by atoms with Crippen LogP contribution in [0, 0.1) is 0 Å². The number of Topliss-reactive ketones (excluding diaryl/α,β-unsaturated/α-hetero) is 3. The molecule has 0 rings (SSSR count). The highest BCUT2D eigenvalue weighted by Gasteiger charge is 2.55. The SMILES string of the molecule is O=C(/C(F)=C(\[O][Al]([O]/C(=C(/F)C(=O)C(F)(F)F)C(F)F)[O]/C(=C(/F)C(=O)C(F)(F)F)C(F)F)C(F)F)C(F)(F)F. The van der Waals surface area contributed by atoms with Gasteiger partial charge in [0.2, 0.25) is 17.5 Å². The van der Waals surface area contributed by atoms with Crippen LogP contribution in [-0.4, -0.2) is 70.3 Å². The normalized spacial score (nSPS) is 14.9. The third-order valence-electron chi connectivity index (χ3n) is 3.28. The lowest BCUT2D eigenvalue weighted by atomic mass is 10.3. The molecule has 0 atom stereocenters. The average Bonchev–Trinajstić information content (AvgIpc) is 2.78. The molecule has 0 N–H and O–H groups in total. The van der Waals surface area contributed by atoms with Crippen molar-refractivity contribution in [3.05, 3.63) is 34.8 Å². The zero-order valence-electron chi connectivity index (χ0n) is 17.6. The van der Waals surface area contributed by atoms with Gasteiger partial charge in [0, 0.05) is 0 Å². The van der Waals surface area contributed by atoms with E-state index in [4.69, 9.17) is 0 Å². The Bertz CT molecular complexity index is 934. The number of alkyl halides is 15. The van der Waals surface area contributed by atoms with Crippen LogP contribution in [0.25, 0.3) is 0 Å². The summed E-state index contributed by atoms with van der Waals surface area (Å²) in [5.41, 5.74) is 0. The fourth-order valence-electron chi connectivity index (χ4n) is 1.69. The second-order valence-corrected chi connectivity index (χ2v) is 7.34. The maximum atomic E-state index is 13.7. The third kappa shape index (κ3) is 10.1. The standard InChI is InChI=1S/3C5H2F6O2.Al/c3*6-1(2(12)4(7)8)3(13)5(9,10)11;/h3*4,12H;/q;;;+3/p-3/b3*2-1+;. The van der Waals surface area contributed by atoms with Gasteiger partial charge in [0.15, 0.2) is 17.3 Å². The predicted molar refractivity (Wildman–Crippen MR) is 84.6 cm³/mol. The van der Waals surface area contributed by atoms with Gasteiger partial charge >= 0.3 is 33.7 Å². The van der Waals surface area contributed by atoms with Gasteiger partial charge in [0.05, 0.1) is 0 Å². The highest BCUT2D eigenvalue weighted by Crippen LogP contribution is 2.32. The monoisotopic (exact) mass is 648 g/mol. The minimum absolute atomic E-state index is 3.36. The first-order valence-electron chi connectivity index (χ1n) is 8.62. The van der Waals surface area contributed by atoms with Gasteiger partial charge in [0.1, 0.15) is 0 Å². The van der Waals surface area contributed by atoms with Gasteiger partial charge in [-0.15, -0.1) is 0 Å². The lowest BCUT2D eigenvalue weighted by molar-refractivity contribution is -0.168. The molecule has 228 valence electrons. The van der Waals surface area contributed by atoms with Crippen LogP contribution in [0.4, 0.5) is 79.0 Å². The van der Waals surface area contributed by atoms with Crippen LogP contribution in [0.3, 0.4) is 0 Å². The summed E-state index contributed by atoms with van der Waals surface area (Å²) < 4.78 is 240. The Balaban J connectivity index is 7.25. The van der Waals surface area contributed by atoms with Crippen molar-refractivity contribution in [2.24, 2.45) is 0 Å². The van der Waals surface area contributed by atoms with Crippen LogP contribution < -0.4 is 0 Å². The van der Waals surface area contributed by atoms with Crippen molar-refractivity contribution in [2.45, 2.75) is 37.8 Å². The number of carbonyl (C=O) groups is 3. The molecule has 0 spiro atoms. The quantitative estimate of drug-likeness (QED) is 0.116. The molecule has 0 radical (unpaired) electrons. The number of hydrogen-bond donors (Lipinski definition) is 0. The second-order valence-electron chi connectivity index (χ2n) is 6.06. The first-order chi connectivity index (χ1) is 17.7. The van der Waals surface area contributed by atoms with Crippen LogP contribution in [0.5, 0.6) is 0 Å². The lowest BCUT2D eigenvalue weighted by Crippen LogP contribution is -2.35. The van der Waals surface area contributed by atoms with Crippen molar-refractivity contribution in [3.8, 4) is 0 Å². The van der Waals surface area contributed by atoms with Crippen molar-refractivity contribution >= 4 is 32.5 Å². The van der Waals surface area contributed by atoms with Crippen LogP contribution >= 0.6 is 0 Å². The molecule has 0 bridgehead atoms. The summed E-state index contributed by atoms with van der Waals surface area (Å²) in [7, 11) is 0. The molecule has 0 saturated heterocycles. The first kappa shape index (κ1) is 36.9. The molecule has 0 amide bonds. The van der Waals surface area contributed by atoms with Crippen LogP contribution in [0.1, 0.15) is 0 Å². The van der Waals surface area contributed by atoms with Crippen molar-refractivity contribution < 1.29 is 105 Å². The Morgan fingerprint density at radius 2 is 0.625 bits per heavy atom. The Morgan fingerprint density at radius 1 is 0.450 bits per heavy atom. The van der Waals surface area contributed by atoms with Crippen LogP contribution in [0.15, 0.2) is 34.8 Å². The summed E-state index contributed by atoms with van der Waals surface area (Å²) in [4.78, 5) is 32.4. The predicted octanol–water partition coefficient (Wildman–Crippen LogP) is 5.75. The fraction of sp³-hybridized carbons (Fsp3) is 0.400. The van der Waals surface area contributed by atoms with Gasteiger partial charge in [-0.2, -0.15) is 52.7 Å². The van der Waals surface area contributed by atoms with E-state index in [1.54, 1.807) is 0 Å². The Kier molecular flexibility index (Phi) is 12.5. The van der Waals surface area contributed by atoms with Crippen molar-refractivity contribution in [3.63, 3.8) is 0 Å². The minimum Gasteiger partial charge on any atom is -0.574 e. The van der Waals surface area contributed by atoms with Crippen molar-refractivity contribution in [2.75, 3.05) is 0 Å². The number of ketones is 3. The highest BCUT2D eigenvalue weighted by molar-refractivity contribution is 6.38. The number of allylic oxidation sites excluding steroid dienone is 6. The smallest absolute Gasteiger partial charge is 0.574 e. The summed E-state index contributed by atoms with van der Waals surface area (Å²) >= 11 is -6.42. The second kappa shape index (κ2) is 13.5. The van der Waals surface area contributed by atoms with Gasteiger partial charge in [-0.05, 0) is 0 Å². The van der Waals surface area contributed by atoms with E-state index in [9.17, 15) is 93.4 Å². The summed E-state index contributed by atoms with van der Waals surface area (Å²) in [6.45, 7) is 0. The molecular weight excluding hydrogens is 645 g/mol. The van der Waals surface area contributed by atoms with Gasteiger partial charge in [0.25, 0.3) is 36.6 Å². The van der Waals surface area contributed by atoms with E-state index in [2.05, 4.69) is 11.4 Å². The first-order valence-corrected chi connectivity index (χ1v) is 10.0. The van der Waals surface area contributed by atoms with Gasteiger partial charge in [-0.3, -0.25) is 14.4 Å². The molecule has 0 aromatic carbocycles. The van der Waals surface area contributed by atoms with E-state index in [0.717, 1.165) is 0 Å². The van der Waals surface area contributed by atoms with Gasteiger partial charge < -0.3 is 11.4 Å². The number of rotatable bonds is 12. The molecule has 0 saturated carbocycles. The van der Waals surface area contributed by atoms with Crippen LogP contribution in [0.2, 0.25) is 0 Å². The van der Waals surface area contributed by atoms with E-state index in [0.29, 0.717) is 0 Å². The molecule has 0 aliphatic heterocycles. The molecular formula is C15H3AlF18O6. The molecule has 0 aliphatic rings. The summed E-state index contributed by atoms with van der Waals surface area (Å²) in [5, 5.41) is 0. The zero-order valence-corrected chi connectivity index (χ0v) is 18.7. The summed E-state index contributed by atoms with van der Waals surface area (Å²) in [6, 6.07) is 0. The topological polar surface area (TPSA) is 78.9 Å². The molecule has 0 aliphatic carbocycles. The number of carbonyl (C=O) groups excluding carboxylic acids is 3. The Hall–Kier alpha value is -3.10. The Labute approximate surface area is 210 Å². The van der Waals surface area contributed by atoms with E-state index >= 15 is 0 Å². The highest BCUT2D eigenvalue weighted by atomic mass is 27.3. The van der Waals surface area contributed by atoms with E-state index in [1.807, 2.05) is 0 Å². The molecule has 0 fully saturated rings. The number of halogens is 18. The molecule has 40 heavy (non-hydrogen) atoms. The summed E-state index contributed by atoms with van der Waals surface area (Å²) in [6.07, 6.45) is -34.0. The maximum Gasteiger partial charge on any atom is 1.20 e. The van der Waals surface area contributed by atoms with Gasteiger partial charge in [-0.1, -0.05) is 0 Å². The molecule has 0 unspecified atom stereocenters. The Morgan fingerprint density at radius 3 is 0.750 bits per heavy atom. The maximum absolute atomic E-state index is 13.7. The molecule has 0 heterocycles. The summed E-state index contributed by atoms with van der Waals surface area (Å²) in [5.74, 6) is -33.3. The fourth-order valence-corrected chi connectivity index (χ4v) is 3.07. The molecule has 25 heteroatoms. The zero-order chi connectivity index (χ0) is 32.1. The third-order valence-corrected chi connectivity index (χ3v) is 4.62. The van der Waals surface area contributed by atoms with Crippen LogP contribution in [-0.2, 0) is 25.7 Å². The van der Waals surface area contributed by atoms with Gasteiger partial charge in [-0.25, -0.2) is 26.3 Å². The lowest BCUT2D eigenvalue weighted by Gasteiger charge is -2.21. The van der Waals surface area contributed by atoms with Crippen molar-refractivity contribution in [1.82, 2.24) is 0 Å².